The second-order valence-electron chi connectivity index (χ2n) is 2.40. The van der Waals surface area contributed by atoms with Gasteiger partial charge in [0.05, 0.1) is 9.99 Å². The number of carboxylic acid groups (broad SMARTS) is 1. The minimum atomic E-state index is -1.01. The zero-order chi connectivity index (χ0) is 9.42. The number of halogens is 1. The summed E-state index contributed by atoms with van der Waals surface area (Å²) in [7, 11) is 0. The van der Waals surface area contributed by atoms with Gasteiger partial charge < -0.3 is 10.1 Å². The first-order chi connectivity index (χ1) is 6.20. The predicted molar refractivity (Wildman–Crippen MR) is 48.5 cm³/mol. The molecule has 0 saturated carbocycles. The van der Waals surface area contributed by atoms with Gasteiger partial charge in [-0.3, -0.25) is 0 Å². The van der Waals surface area contributed by atoms with Crippen LogP contribution >= 0.6 is 15.9 Å². The van der Waals surface area contributed by atoms with Crippen LogP contribution in [-0.4, -0.2) is 26.0 Å². The highest BCUT2D eigenvalue weighted by atomic mass is 79.9. The van der Waals surface area contributed by atoms with Gasteiger partial charge in [-0.2, -0.15) is 0 Å². The fourth-order valence-corrected chi connectivity index (χ4v) is 1.68. The third-order valence-corrected chi connectivity index (χ3v) is 2.24. The Morgan fingerprint density at radius 2 is 2.38 bits per heavy atom. The Kier molecular flexibility index (Phi) is 1.77. The third kappa shape index (κ3) is 1.19. The zero-order valence-electron chi connectivity index (χ0n) is 6.28. The summed E-state index contributed by atoms with van der Waals surface area (Å²) in [6, 6.07) is 0. The molecule has 0 amide bonds. The van der Waals surface area contributed by atoms with Crippen molar-refractivity contribution in [3.05, 3.63) is 22.7 Å². The van der Waals surface area contributed by atoms with Gasteiger partial charge in [0.25, 0.3) is 0 Å². The molecule has 0 aromatic carbocycles. The summed E-state index contributed by atoms with van der Waals surface area (Å²) in [5.41, 5.74) is 0.676. The molecule has 0 atom stereocenters. The van der Waals surface area contributed by atoms with Crippen LogP contribution in [0.2, 0.25) is 0 Å². The van der Waals surface area contributed by atoms with E-state index < -0.39 is 5.97 Å². The normalized spacial score (nSPS) is 10.5. The maximum absolute atomic E-state index is 10.8. The van der Waals surface area contributed by atoms with Gasteiger partial charge in [-0.15, -0.1) is 0 Å². The first-order valence-electron chi connectivity index (χ1n) is 3.40. The Morgan fingerprint density at radius 1 is 1.62 bits per heavy atom. The Morgan fingerprint density at radius 3 is 3.08 bits per heavy atom. The minimum Gasteiger partial charge on any atom is -0.478 e. The van der Waals surface area contributed by atoms with Gasteiger partial charge in [0.1, 0.15) is 17.5 Å². The van der Waals surface area contributed by atoms with Crippen molar-refractivity contribution >= 4 is 32.9 Å². The van der Waals surface area contributed by atoms with E-state index in [1.54, 1.807) is 0 Å². The van der Waals surface area contributed by atoms with Crippen molar-refractivity contribution < 1.29 is 9.90 Å². The molecule has 2 heterocycles. The molecule has 2 rings (SSSR count). The van der Waals surface area contributed by atoms with Crippen LogP contribution < -0.4 is 0 Å². The van der Waals surface area contributed by atoms with E-state index in [9.17, 15) is 4.79 Å². The van der Waals surface area contributed by atoms with E-state index in [0.29, 0.717) is 15.6 Å². The smallest absolute Gasteiger partial charge is 0.339 e. The molecule has 2 aromatic rings. The molecule has 0 aliphatic heterocycles. The SMILES string of the molecule is O=C(O)c1c(Br)[nH]c2ncncc12. The van der Waals surface area contributed by atoms with Crippen molar-refractivity contribution in [3.63, 3.8) is 0 Å². The number of aromatic nitrogens is 3. The van der Waals surface area contributed by atoms with Crippen LogP contribution in [-0.2, 0) is 0 Å². The van der Waals surface area contributed by atoms with Gasteiger partial charge in [0.15, 0.2) is 0 Å². The largest absolute Gasteiger partial charge is 0.478 e. The summed E-state index contributed by atoms with van der Waals surface area (Å²) < 4.78 is 0.413. The van der Waals surface area contributed by atoms with Crippen molar-refractivity contribution in [2.45, 2.75) is 0 Å². The summed E-state index contributed by atoms with van der Waals surface area (Å²) in [6.07, 6.45) is 2.82. The van der Waals surface area contributed by atoms with Crippen molar-refractivity contribution in [2.75, 3.05) is 0 Å². The third-order valence-electron chi connectivity index (χ3n) is 1.64. The summed E-state index contributed by atoms with van der Waals surface area (Å²) in [5, 5.41) is 9.35. The summed E-state index contributed by atoms with van der Waals surface area (Å²) in [4.78, 5) is 21.2. The Bertz CT molecular complexity index is 480. The van der Waals surface area contributed by atoms with Crippen molar-refractivity contribution in [3.8, 4) is 0 Å². The zero-order valence-corrected chi connectivity index (χ0v) is 7.87. The van der Waals surface area contributed by atoms with Gasteiger partial charge in [-0.05, 0) is 15.9 Å². The Labute approximate surface area is 80.9 Å². The van der Waals surface area contributed by atoms with Crippen LogP contribution in [0.25, 0.3) is 11.0 Å². The highest BCUT2D eigenvalue weighted by Crippen LogP contribution is 2.23. The number of aromatic carboxylic acids is 1. The molecule has 2 N–H and O–H groups in total. The fraction of sp³-hybridized carbons (Fsp3) is 0. The summed E-state index contributed by atoms with van der Waals surface area (Å²) in [5.74, 6) is -1.01. The summed E-state index contributed by atoms with van der Waals surface area (Å²) in [6.45, 7) is 0. The first-order valence-corrected chi connectivity index (χ1v) is 4.20. The average Bonchev–Trinajstić information content (AvgIpc) is 2.39. The molecule has 13 heavy (non-hydrogen) atoms. The Hall–Kier alpha value is -1.43. The summed E-state index contributed by atoms with van der Waals surface area (Å²) >= 11 is 3.11. The lowest BCUT2D eigenvalue weighted by Gasteiger charge is -1.89. The lowest BCUT2D eigenvalue weighted by Crippen LogP contribution is -1.95. The van der Waals surface area contributed by atoms with E-state index in [0.717, 1.165) is 0 Å². The molecule has 0 fully saturated rings. The number of H-pyrrole nitrogens is 1. The van der Waals surface area contributed by atoms with Crippen LogP contribution in [0.5, 0.6) is 0 Å². The van der Waals surface area contributed by atoms with Crippen LogP contribution in [0.3, 0.4) is 0 Å². The molecular weight excluding hydrogens is 238 g/mol. The number of aromatic amines is 1. The molecule has 5 nitrogen and oxygen atoms in total. The average molecular weight is 242 g/mol. The van der Waals surface area contributed by atoms with Crippen molar-refractivity contribution in [1.29, 1.82) is 0 Å². The van der Waals surface area contributed by atoms with Crippen molar-refractivity contribution in [1.82, 2.24) is 15.0 Å². The van der Waals surface area contributed by atoms with E-state index in [4.69, 9.17) is 5.11 Å². The van der Waals surface area contributed by atoms with Gasteiger partial charge in [-0.25, -0.2) is 14.8 Å². The molecule has 2 aromatic heterocycles. The lowest BCUT2D eigenvalue weighted by molar-refractivity contribution is 0.0698. The van der Waals surface area contributed by atoms with E-state index in [1.807, 2.05) is 0 Å². The molecule has 0 radical (unpaired) electrons. The van der Waals surface area contributed by atoms with E-state index >= 15 is 0 Å². The van der Waals surface area contributed by atoms with Crippen molar-refractivity contribution in [2.24, 2.45) is 0 Å². The van der Waals surface area contributed by atoms with E-state index in [2.05, 4.69) is 30.9 Å². The quantitative estimate of drug-likeness (QED) is 0.792. The fourth-order valence-electron chi connectivity index (χ4n) is 1.11. The molecule has 0 spiro atoms. The van der Waals surface area contributed by atoms with Crippen LogP contribution in [0.1, 0.15) is 10.4 Å². The van der Waals surface area contributed by atoms with Crippen LogP contribution in [0.4, 0.5) is 0 Å². The molecular formula is C7H4BrN3O2. The number of hydrogen-bond acceptors (Lipinski definition) is 3. The predicted octanol–water partition coefficient (Wildman–Crippen LogP) is 1.42. The minimum absolute atomic E-state index is 0.163. The molecule has 0 aliphatic rings. The second-order valence-corrected chi connectivity index (χ2v) is 3.20. The van der Waals surface area contributed by atoms with E-state index in [1.165, 1.54) is 12.5 Å². The highest BCUT2D eigenvalue weighted by molar-refractivity contribution is 9.10. The first kappa shape index (κ1) is 8.18. The molecule has 0 unspecified atom stereocenters. The number of rotatable bonds is 1. The molecule has 0 bridgehead atoms. The Balaban J connectivity index is 2.86. The lowest BCUT2D eigenvalue weighted by atomic mass is 10.2. The second kappa shape index (κ2) is 2.81. The van der Waals surface area contributed by atoms with Crippen LogP contribution in [0, 0.1) is 0 Å². The monoisotopic (exact) mass is 241 g/mol. The number of hydrogen-bond donors (Lipinski definition) is 2. The molecule has 66 valence electrons. The molecule has 0 aliphatic carbocycles. The number of nitrogens with one attached hydrogen (secondary N) is 1. The topological polar surface area (TPSA) is 78.9 Å². The van der Waals surface area contributed by atoms with Gasteiger partial charge >= 0.3 is 5.97 Å². The van der Waals surface area contributed by atoms with E-state index in [-0.39, 0.29) is 5.56 Å². The number of carboxylic acids is 1. The standard InChI is InChI=1S/C7H4BrN3O2/c8-5-4(7(12)13)3-1-9-2-10-6(3)11-5/h1-2H,(H,12,13)(H,9,10,11). The molecule has 6 heteroatoms. The molecule has 0 saturated heterocycles. The maximum Gasteiger partial charge on any atom is 0.339 e. The highest BCUT2D eigenvalue weighted by Gasteiger charge is 2.16. The van der Waals surface area contributed by atoms with Gasteiger partial charge in [0.2, 0.25) is 0 Å². The number of carbonyl (C=O) groups is 1. The number of fused-ring (bicyclic) bond motifs is 1. The maximum atomic E-state index is 10.8. The van der Waals surface area contributed by atoms with Gasteiger partial charge in [0, 0.05) is 6.20 Å². The number of nitrogens with zero attached hydrogens (tertiary/aromatic N) is 2. The van der Waals surface area contributed by atoms with Crippen LogP contribution in [0.15, 0.2) is 17.1 Å². The van der Waals surface area contributed by atoms with Gasteiger partial charge in [-0.1, -0.05) is 0 Å².